The van der Waals surface area contributed by atoms with Gasteiger partial charge in [-0.05, 0) is 19.1 Å². The second-order valence-corrected chi connectivity index (χ2v) is 4.88. The Morgan fingerprint density at radius 3 is 2.64 bits per heavy atom. The number of benzene rings is 1. The van der Waals surface area contributed by atoms with Gasteiger partial charge < -0.3 is 19.3 Å². The molecule has 8 nitrogen and oxygen atoms in total. The highest BCUT2D eigenvalue weighted by Crippen LogP contribution is 2.26. The molecule has 1 aromatic carbocycles. The van der Waals surface area contributed by atoms with Crippen LogP contribution in [0.25, 0.3) is 0 Å². The molecule has 1 N–H and O–H groups in total. The van der Waals surface area contributed by atoms with Crippen LogP contribution in [-0.4, -0.2) is 41.1 Å². The van der Waals surface area contributed by atoms with Crippen LogP contribution in [0.15, 0.2) is 24.3 Å². The number of nitro groups is 1. The lowest BCUT2D eigenvalue weighted by Crippen LogP contribution is -2.22. The van der Waals surface area contributed by atoms with Crippen molar-refractivity contribution in [2.75, 3.05) is 6.61 Å². The summed E-state index contributed by atoms with van der Waals surface area (Å²) in [5, 5.41) is 20.3. The molecule has 0 bridgehead atoms. The van der Waals surface area contributed by atoms with Crippen LogP contribution in [-0.2, 0) is 9.47 Å². The van der Waals surface area contributed by atoms with Crippen LogP contribution in [0, 0.1) is 10.1 Å². The van der Waals surface area contributed by atoms with Crippen LogP contribution in [0.3, 0.4) is 0 Å². The van der Waals surface area contributed by atoms with Crippen LogP contribution in [0.1, 0.15) is 19.8 Å². The molecule has 0 amide bonds. The summed E-state index contributed by atoms with van der Waals surface area (Å²) >= 11 is 0. The van der Waals surface area contributed by atoms with Gasteiger partial charge in [0.25, 0.3) is 5.69 Å². The first kappa shape index (κ1) is 16.2. The van der Waals surface area contributed by atoms with E-state index in [4.69, 9.17) is 14.2 Å². The number of nitro benzene ring substituents is 1. The average molecular weight is 311 g/mol. The molecule has 0 radical (unpaired) electrons. The lowest BCUT2D eigenvalue weighted by molar-refractivity contribution is -0.384. The molecule has 8 heteroatoms. The molecule has 3 unspecified atom stereocenters. The van der Waals surface area contributed by atoms with Gasteiger partial charge >= 0.3 is 6.16 Å². The lowest BCUT2D eigenvalue weighted by atomic mass is 10.3. The molecule has 0 saturated heterocycles. The van der Waals surface area contributed by atoms with Gasteiger partial charge in [-0.2, -0.15) is 0 Å². The highest BCUT2D eigenvalue weighted by Gasteiger charge is 2.36. The summed E-state index contributed by atoms with van der Waals surface area (Å²) in [6.07, 6.45) is -1.70. The Hall–Kier alpha value is -2.19. The fraction of sp³-hybridized carbons (Fsp3) is 0.500. The van der Waals surface area contributed by atoms with Gasteiger partial charge in [0.15, 0.2) is 0 Å². The topological polar surface area (TPSA) is 108 Å². The Bertz CT molecular complexity index is 530. The Balaban J connectivity index is 1.84. The number of carbonyl (C=O) groups excluding carboxylic acids is 1. The zero-order valence-corrected chi connectivity index (χ0v) is 12.0. The minimum atomic E-state index is -0.914. The van der Waals surface area contributed by atoms with E-state index in [0.717, 1.165) is 0 Å². The predicted octanol–water partition coefficient (Wildman–Crippen LogP) is 2.04. The molecule has 1 aliphatic carbocycles. The van der Waals surface area contributed by atoms with Crippen LogP contribution < -0.4 is 4.74 Å². The third-order valence-electron chi connectivity index (χ3n) is 3.32. The van der Waals surface area contributed by atoms with E-state index in [1.165, 1.54) is 24.3 Å². The summed E-state index contributed by atoms with van der Waals surface area (Å²) in [5.74, 6) is 0.149. The van der Waals surface area contributed by atoms with Crippen LogP contribution in [0.4, 0.5) is 10.5 Å². The molecule has 0 heterocycles. The summed E-state index contributed by atoms with van der Waals surface area (Å²) in [7, 11) is 0. The SMILES string of the molecule is CCOC1CC(OC(=O)Oc2ccc([N+](=O)[O-])cc2)CC1O. The summed E-state index contributed by atoms with van der Waals surface area (Å²) in [4.78, 5) is 21.6. The van der Waals surface area contributed by atoms with Crippen molar-refractivity contribution in [2.45, 2.75) is 38.1 Å². The van der Waals surface area contributed by atoms with E-state index in [1.807, 2.05) is 6.92 Å². The number of rotatable bonds is 5. The van der Waals surface area contributed by atoms with Gasteiger partial charge in [-0.1, -0.05) is 0 Å². The molecule has 0 spiro atoms. The number of aliphatic hydroxyl groups is 1. The van der Waals surface area contributed by atoms with Crippen molar-refractivity contribution in [3.05, 3.63) is 34.4 Å². The van der Waals surface area contributed by atoms with Gasteiger partial charge in [-0.15, -0.1) is 0 Å². The molecular weight excluding hydrogens is 294 g/mol. The van der Waals surface area contributed by atoms with Crippen molar-refractivity contribution in [1.82, 2.24) is 0 Å². The smallest absolute Gasteiger partial charge is 0.430 e. The monoisotopic (exact) mass is 311 g/mol. The third-order valence-corrected chi connectivity index (χ3v) is 3.32. The quantitative estimate of drug-likeness (QED) is 0.383. The first-order valence-electron chi connectivity index (χ1n) is 6.92. The average Bonchev–Trinajstić information content (AvgIpc) is 2.79. The van der Waals surface area contributed by atoms with Gasteiger partial charge in [-0.3, -0.25) is 10.1 Å². The number of aliphatic hydroxyl groups excluding tert-OH is 1. The van der Waals surface area contributed by atoms with E-state index in [2.05, 4.69) is 0 Å². The fourth-order valence-electron chi connectivity index (χ4n) is 2.32. The van der Waals surface area contributed by atoms with Gasteiger partial charge in [0.2, 0.25) is 0 Å². The number of nitrogens with zero attached hydrogens (tertiary/aromatic N) is 1. The molecule has 120 valence electrons. The lowest BCUT2D eigenvalue weighted by Gasteiger charge is -2.13. The fourth-order valence-corrected chi connectivity index (χ4v) is 2.32. The zero-order valence-electron chi connectivity index (χ0n) is 12.0. The molecule has 0 aromatic heterocycles. The molecule has 2 rings (SSSR count). The van der Waals surface area contributed by atoms with E-state index in [1.54, 1.807) is 0 Å². The van der Waals surface area contributed by atoms with E-state index < -0.39 is 23.3 Å². The first-order chi connectivity index (χ1) is 10.5. The van der Waals surface area contributed by atoms with Crippen molar-refractivity contribution in [3.63, 3.8) is 0 Å². The van der Waals surface area contributed by atoms with Crippen molar-refractivity contribution >= 4 is 11.8 Å². The summed E-state index contributed by atoms with van der Waals surface area (Å²) in [5.41, 5.74) is -0.0980. The Morgan fingerprint density at radius 1 is 1.36 bits per heavy atom. The summed E-state index contributed by atoms with van der Waals surface area (Å²) in [6, 6.07) is 5.08. The largest absolute Gasteiger partial charge is 0.514 e. The predicted molar refractivity (Wildman–Crippen MR) is 74.6 cm³/mol. The highest BCUT2D eigenvalue weighted by atomic mass is 16.7. The molecule has 1 aromatic rings. The minimum Gasteiger partial charge on any atom is -0.430 e. The maximum atomic E-state index is 11.7. The molecule has 1 aliphatic rings. The molecule has 1 fully saturated rings. The van der Waals surface area contributed by atoms with Gasteiger partial charge in [0.1, 0.15) is 11.9 Å². The van der Waals surface area contributed by atoms with E-state index in [0.29, 0.717) is 19.4 Å². The van der Waals surface area contributed by atoms with Crippen LogP contribution in [0.5, 0.6) is 5.75 Å². The number of hydrogen-bond acceptors (Lipinski definition) is 7. The third kappa shape index (κ3) is 4.15. The highest BCUT2D eigenvalue weighted by molar-refractivity contribution is 5.64. The summed E-state index contributed by atoms with van der Waals surface area (Å²) < 4.78 is 15.4. The van der Waals surface area contributed by atoms with Crippen molar-refractivity contribution in [2.24, 2.45) is 0 Å². The van der Waals surface area contributed by atoms with Gasteiger partial charge in [0.05, 0.1) is 17.1 Å². The van der Waals surface area contributed by atoms with Crippen LogP contribution in [0.2, 0.25) is 0 Å². The molecule has 3 atom stereocenters. The van der Waals surface area contributed by atoms with E-state index in [-0.39, 0.29) is 17.5 Å². The summed E-state index contributed by atoms with van der Waals surface area (Å²) in [6.45, 7) is 2.30. The van der Waals surface area contributed by atoms with E-state index >= 15 is 0 Å². The molecule has 0 aliphatic heterocycles. The number of hydrogen-bond donors (Lipinski definition) is 1. The Kier molecular flexibility index (Phi) is 5.29. The van der Waals surface area contributed by atoms with Crippen molar-refractivity contribution in [3.8, 4) is 5.75 Å². The Labute approximate surface area is 126 Å². The standard InChI is InChI=1S/C14H17NO7/c1-2-20-13-8-11(7-12(13)16)22-14(17)21-10-5-3-9(4-6-10)15(18)19/h3-6,11-13,16H,2,7-8H2,1H3. The number of carbonyl (C=O) groups is 1. The molecule has 1 saturated carbocycles. The second kappa shape index (κ2) is 7.19. The number of non-ortho nitro benzene ring substituents is 1. The maximum absolute atomic E-state index is 11.7. The minimum absolute atomic E-state index is 0.0980. The van der Waals surface area contributed by atoms with Crippen LogP contribution >= 0.6 is 0 Å². The molecular formula is C14H17NO7. The van der Waals surface area contributed by atoms with Gasteiger partial charge in [0, 0.05) is 31.6 Å². The van der Waals surface area contributed by atoms with Crippen molar-refractivity contribution < 1.29 is 29.0 Å². The molecule has 22 heavy (non-hydrogen) atoms. The second-order valence-electron chi connectivity index (χ2n) is 4.88. The van der Waals surface area contributed by atoms with E-state index in [9.17, 15) is 20.0 Å². The van der Waals surface area contributed by atoms with Crippen molar-refractivity contribution in [1.29, 1.82) is 0 Å². The van der Waals surface area contributed by atoms with Gasteiger partial charge in [-0.25, -0.2) is 4.79 Å². The first-order valence-corrected chi connectivity index (χ1v) is 6.92. The normalized spacial score (nSPS) is 24.0. The zero-order chi connectivity index (χ0) is 16.1. The Morgan fingerprint density at radius 2 is 2.05 bits per heavy atom. The maximum Gasteiger partial charge on any atom is 0.514 e. The number of ether oxygens (including phenoxy) is 3.